The van der Waals surface area contributed by atoms with Crippen molar-refractivity contribution in [2.45, 2.75) is 11.5 Å². The molecule has 7 heteroatoms. The number of anilines is 2. The Hall–Kier alpha value is -3.63. The normalized spacial score (nSPS) is 14.5. The van der Waals surface area contributed by atoms with Gasteiger partial charge in [0.1, 0.15) is 24.2 Å². The van der Waals surface area contributed by atoms with Crippen LogP contribution in [0.25, 0.3) is 0 Å². The van der Waals surface area contributed by atoms with Crippen LogP contribution >= 0.6 is 0 Å². The van der Waals surface area contributed by atoms with Gasteiger partial charge >= 0.3 is 0 Å². The number of ether oxygens (including phenoxy) is 1. The predicted molar refractivity (Wildman–Crippen MR) is 107 cm³/mol. The molecule has 0 amide bonds. The van der Waals surface area contributed by atoms with Crippen molar-refractivity contribution >= 4 is 21.2 Å². The molecule has 4 rings (SSSR count). The van der Waals surface area contributed by atoms with Crippen LogP contribution in [0.3, 0.4) is 0 Å². The van der Waals surface area contributed by atoms with Crippen molar-refractivity contribution in [1.82, 2.24) is 0 Å². The molecule has 0 radical (unpaired) electrons. The lowest BCUT2D eigenvalue weighted by Gasteiger charge is -2.27. The van der Waals surface area contributed by atoms with E-state index in [2.05, 4.69) is 0 Å². The highest BCUT2D eigenvalue weighted by Crippen LogP contribution is 2.40. The van der Waals surface area contributed by atoms with Gasteiger partial charge in [0, 0.05) is 11.9 Å². The summed E-state index contributed by atoms with van der Waals surface area (Å²) in [5.74, 6) is -0.0397. The molecule has 0 unspecified atom stereocenters. The van der Waals surface area contributed by atoms with Crippen LogP contribution in [0, 0.1) is 17.1 Å². The Morgan fingerprint density at radius 1 is 1.00 bits per heavy atom. The van der Waals surface area contributed by atoms with Crippen LogP contribution < -0.4 is 9.64 Å². The Morgan fingerprint density at radius 3 is 2.41 bits per heavy atom. The summed E-state index contributed by atoms with van der Waals surface area (Å²) < 4.78 is 44.5. The van der Waals surface area contributed by atoms with E-state index in [4.69, 9.17) is 4.74 Å². The standard InChI is InChI=1S/C22H15FN2O3S/c23-17-6-11-21-22(12-17)29(26,27)20(13-24)14-25(21)18-7-9-19(10-8-18)28-15-16-4-2-1-3-5-16/h1-12,14H,15H2. The number of rotatable bonds is 4. The summed E-state index contributed by atoms with van der Waals surface area (Å²) in [7, 11) is -4.05. The Balaban J connectivity index is 1.65. The summed E-state index contributed by atoms with van der Waals surface area (Å²) in [6.45, 7) is 0.419. The van der Waals surface area contributed by atoms with Crippen molar-refractivity contribution in [3.05, 3.63) is 95.3 Å². The topological polar surface area (TPSA) is 70.4 Å². The van der Waals surface area contributed by atoms with Crippen molar-refractivity contribution in [2.24, 2.45) is 0 Å². The third kappa shape index (κ3) is 3.58. The summed E-state index contributed by atoms with van der Waals surface area (Å²) in [6.07, 6.45) is 1.25. The number of halogens is 1. The molecule has 3 aromatic carbocycles. The first kappa shape index (κ1) is 18.7. The molecule has 0 N–H and O–H groups in total. The highest BCUT2D eigenvalue weighted by atomic mass is 32.2. The lowest BCUT2D eigenvalue weighted by atomic mass is 10.2. The van der Waals surface area contributed by atoms with E-state index in [1.807, 2.05) is 30.3 Å². The summed E-state index contributed by atoms with van der Waals surface area (Å²) in [6, 6.07) is 21.9. The van der Waals surface area contributed by atoms with Gasteiger partial charge in [0.05, 0.1) is 10.6 Å². The summed E-state index contributed by atoms with van der Waals surface area (Å²) >= 11 is 0. The molecule has 3 aromatic rings. The second kappa shape index (κ2) is 7.41. The molecule has 0 fully saturated rings. The second-order valence-corrected chi connectivity index (χ2v) is 8.25. The summed E-state index contributed by atoms with van der Waals surface area (Å²) in [5.41, 5.74) is 1.94. The van der Waals surface area contributed by atoms with Crippen LogP contribution in [0.5, 0.6) is 5.75 Å². The fourth-order valence-corrected chi connectivity index (χ4v) is 4.33. The van der Waals surface area contributed by atoms with Crippen LogP contribution in [0.4, 0.5) is 15.8 Å². The van der Waals surface area contributed by atoms with E-state index in [0.29, 0.717) is 18.0 Å². The smallest absolute Gasteiger partial charge is 0.220 e. The molecule has 0 saturated carbocycles. The average Bonchev–Trinajstić information content (AvgIpc) is 2.74. The first-order valence-corrected chi connectivity index (χ1v) is 10.2. The van der Waals surface area contributed by atoms with E-state index < -0.39 is 20.6 Å². The minimum atomic E-state index is -4.05. The van der Waals surface area contributed by atoms with E-state index in [1.54, 1.807) is 35.2 Å². The van der Waals surface area contributed by atoms with Gasteiger partial charge in [0.15, 0.2) is 4.91 Å². The number of sulfone groups is 1. The van der Waals surface area contributed by atoms with Crippen LogP contribution in [0.1, 0.15) is 5.56 Å². The molecule has 1 heterocycles. The van der Waals surface area contributed by atoms with Gasteiger partial charge in [-0.15, -0.1) is 0 Å². The van der Waals surface area contributed by atoms with Crippen molar-refractivity contribution in [3.8, 4) is 11.8 Å². The Bertz CT molecular complexity index is 1230. The van der Waals surface area contributed by atoms with Crippen LogP contribution in [-0.2, 0) is 16.4 Å². The zero-order valence-electron chi connectivity index (χ0n) is 15.1. The molecule has 5 nitrogen and oxygen atoms in total. The highest BCUT2D eigenvalue weighted by Gasteiger charge is 2.32. The zero-order chi connectivity index (χ0) is 20.4. The van der Waals surface area contributed by atoms with Crippen molar-refractivity contribution in [2.75, 3.05) is 4.90 Å². The maximum atomic E-state index is 13.7. The number of benzene rings is 3. The maximum absolute atomic E-state index is 13.7. The van der Waals surface area contributed by atoms with E-state index in [-0.39, 0.29) is 10.6 Å². The van der Waals surface area contributed by atoms with Crippen molar-refractivity contribution in [1.29, 1.82) is 5.26 Å². The van der Waals surface area contributed by atoms with Gasteiger partial charge in [-0.1, -0.05) is 30.3 Å². The van der Waals surface area contributed by atoms with Gasteiger partial charge in [0.2, 0.25) is 9.84 Å². The van der Waals surface area contributed by atoms with Gasteiger partial charge in [0.25, 0.3) is 0 Å². The lowest BCUT2D eigenvalue weighted by molar-refractivity contribution is 0.306. The van der Waals surface area contributed by atoms with Crippen molar-refractivity contribution < 1.29 is 17.5 Å². The van der Waals surface area contributed by atoms with E-state index in [0.717, 1.165) is 11.6 Å². The summed E-state index contributed by atoms with van der Waals surface area (Å²) in [5, 5.41) is 9.27. The molecule has 1 aliphatic rings. The molecule has 0 atom stereocenters. The number of nitrogens with zero attached hydrogens (tertiary/aromatic N) is 2. The average molecular weight is 406 g/mol. The second-order valence-electron chi connectivity index (χ2n) is 6.36. The van der Waals surface area contributed by atoms with Gasteiger partial charge in [-0.2, -0.15) is 5.26 Å². The van der Waals surface area contributed by atoms with Crippen molar-refractivity contribution in [3.63, 3.8) is 0 Å². The molecule has 1 aliphatic heterocycles. The van der Waals surface area contributed by atoms with E-state index in [9.17, 15) is 18.1 Å². The minimum absolute atomic E-state index is 0.235. The number of hydrogen-bond donors (Lipinski definition) is 0. The van der Waals surface area contributed by atoms with Crippen LogP contribution in [0.15, 0.2) is 88.8 Å². The molecule has 0 bridgehead atoms. The molecule has 0 saturated heterocycles. The van der Waals surface area contributed by atoms with Crippen LogP contribution in [-0.4, -0.2) is 8.42 Å². The van der Waals surface area contributed by atoms with Gasteiger partial charge in [-0.05, 0) is 48.0 Å². The Labute approximate surface area is 167 Å². The van der Waals surface area contributed by atoms with Gasteiger partial charge < -0.3 is 9.64 Å². The molecule has 29 heavy (non-hydrogen) atoms. The Morgan fingerprint density at radius 2 is 1.72 bits per heavy atom. The van der Waals surface area contributed by atoms with Crippen LogP contribution in [0.2, 0.25) is 0 Å². The van der Waals surface area contributed by atoms with Gasteiger partial charge in [-0.25, -0.2) is 12.8 Å². The molecule has 0 spiro atoms. The fourth-order valence-electron chi connectivity index (χ4n) is 3.02. The summed E-state index contributed by atoms with van der Waals surface area (Å²) in [4.78, 5) is 0.871. The van der Waals surface area contributed by atoms with Gasteiger partial charge in [-0.3, -0.25) is 0 Å². The monoisotopic (exact) mass is 406 g/mol. The molecule has 0 aromatic heterocycles. The quantitative estimate of drug-likeness (QED) is 0.628. The first-order valence-electron chi connectivity index (χ1n) is 8.71. The third-order valence-electron chi connectivity index (χ3n) is 4.48. The van der Waals surface area contributed by atoms with E-state index in [1.165, 1.54) is 18.3 Å². The SMILES string of the molecule is N#CC1=CN(c2ccc(OCc3ccccc3)cc2)c2ccc(F)cc2S1(=O)=O. The third-order valence-corrected chi connectivity index (χ3v) is 6.16. The predicted octanol–water partition coefficient (Wildman–Crippen LogP) is 4.70. The number of hydrogen-bond acceptors (Lipinski definition) is 5. The molecule has 0 aliphatic carbocycles. The fraction of sp³-hybridized carbons (Fsp3) is 0.0455. The minimum Gasteiger partial charge on any atom is -0.489 e. The number of fused-ring (bicyclic) bond motifs is 1. The lowest BCUT2D eigenvalue weighted by Crippen LogP contribution is -2.21. The first-order chi connectivity index (χ1) is 14.0. The molecular formula is C22H15FN2O3S. The highest BCUT2D eigenvalue weighted by molar-refractivity contribution is 7.95. The largest absolute Gasteiger partial charge is 0.489 e. The molecule has 144 valence electrons. The zero-order valence-corrected chi connectivity index (χ0v) is 15.9. The maximum Gasteiger partial charge on any atom is 0.220 e. The van der Waals surface area contributed by atoms with E-state index >= 15 is 0 Å². The Kier molecular flexibility index (Phi) is 4.79. The number of allylic oxidation sites excluding steroid dienone is 1. The number of nitriles is 1. The molecular weight excluding hydrogens is 391 g/mol.